The van der Waals surface area contributed by atoms with Crippen molar-refractivity contribution in [2.45, 2.75) is 44.0 Å². The number of nitrogens with one attached hydrogen (secondary N) is 1. The quantitative estimate of drug-likeness (QED) is 0.159. The molecular weight excluding hydrogens is 574 g/mol. The van der Waals surface area contributed by atoms with Crippen LogP contribution in [0.25, 0.3) is 20.2 Å². The van der Waals surface area contributed by atoms with Crippen molar-refractivity contribution in [3.8, 4) is 0 Å². The standard InChI is InChI=1S/C31H29N3O6S2/c1-20(2)22-11-14-27-25(18-22)31(24-6-3-4-7-26(24)41-27)33-40-42(38,39)23-12-9-21(10-13-23)19-32-28(35)8-5-17-34-29(36)15-16-30(34)37/h3-4,6-7,9-16,18,20H,5,8,17,19H2,1-2H3,(H,32,35)/b33-31+. The maximum Gasteiger partial charge on any atom is 0.358 e. The molecule has 1 aliphatic heterocycles. The van der Waals surface area contributed by atoms with Crippen molar-refractivity contribution in [2.75, 3.05) is 6.54 Å². The van der Waals surface area contributed by atoms with Gasteiger partial charge in [0.25, 0.3) is 11.8 Å². The van der Waals surface area contributed by atoms with Gasteiger partial charge in [0.15, 0.2) is 0 Å². The fourth-order valence-corrected chi connectivity index (χ4v) is 6.32. The van der Waals surface area contributed by atoms with E-state index in [-0.39, 0.29) is 48.0 Å². The van der Waals surface area contributed by atoms with Gasteiger partial charge in [-0.25, -0.2) is 0 Å². The first kappa shape index (κ1) is 29.2. The van der Waals surface area contributed by atoms with Crippen LogP contribution in [-0.2, 0) is 35.3 Å². The molecule has 216 valence electrons. The van der Waals surface area contributed by atoms with Crippen LogP contribution in [0.1, 0.15) is 43.7 Å². The summed E-state index contributed by atoms with van der Waals surface area (Å²) in [6.45, 7) is 4.55. The molecule has 5 rings (SSSR count). The largest absolute Gasteiger partial charge is 0.358 e. The molecule has 4 aromatic rings. The van der Waals surface area contributed by atoms with Crippen molar-refractivity contribution in [3.63, 3.8) is 0 Å². The molecule has 3 amide bonds. The topological polar surface area (TPSA) is 122 Å². The summed E-state index contributed by atoms with van der Waals surface area (Å²) in [7, 11) is -4.21. The Kier molecular flexibility index (Phi) is 8.51. The number of carbonyl (C=O) groups is 3. The number of imide groups is 1. The molecule has 0 saturated carbocycles. The van der Waals surface area contributed by atoms with Crippen LogP contribution in [0.2, 0.25) is 0 Å². The van der Waals surface area contributed by atoms with E-state index < -0.39 is 10.1 Å². The van der Waals surface area contributed by atoms with Crippen LogP contribution in [0.4, 0.5) is 0 Å². The first-order chi connectivity index (χ1) is 20.1. The van der Waals surface area contributed by atoms with Crippen molar-refractivity contribution in [2.24, 2.45) is 5.16 Å². The van der Waals surface area contributed by atoms with Crippen LogP contribution < -0.4 is 10.7 Å². The first-order valence-corrected chi connectivity index (χ1v) is 15.7. The Morgan fingerprint density at radius 1 is 0.952 bits per heavy atom. The highest BCUT2D eigenvalue weighted by molar-refractivity contribution is 7.86. The third kappa shape index (κ3) is 6.42. The van der Waals surface area contributed by atoms with E-state index in [1.807, 2.05) is 36.4 Å². The highest BCUT2D eigenvalue weighted by Crippen LogP contribution is 2.27. The molecule has 0 aliphatic carbocycles. The van der Waals surface area contributed by atoms with E-state index in [0.29, 0.717) is 17.3 Å². The second kappa shape index (κ2) is 12.3. The summed E-state index contributed by atoms with van der Waals surface area (Å²) in [5, 5.41) is 9.01. The third-order valence-corrected chi connectivity index (χ3v) is 9.17. The Bertz CT molecular complexity index is 1880. The van der Waals surface area contributed by atoms with Crippen LogP contribution in [0.5, 0.6) is 0 Å². The maximum atomic E-state index is 13.1. The van der Waals surface area contributed by atoms with Gasteiger partial charge in [0.2, 0.25) is 5.91 Å². The van der Waals surface area contributed by atoms with Crippen molar-refractivity contribution >= 4 is 59.3 Å². The average Bonchev–Trinajstić information content (AvgIpc) is 3.30. The Labute approximate surface area is 247 Å². The number of hydrogen-bond acceptors (Lipinski definition) is 8. The molecule has 9 nitrogen and oxygen atoms in total. The number of benzene rings is 3. The van der Waals surface area contributed by atoms with E-state index in [9.17, 15) is 22.8 Å². The average molecular weight is 604 g/mol. The highest BCUT2D eigenvalue weighted by atomic mass is 32.2. The van der Waals surface area contributed by atoms with Crippen LogP contribution >= 0.6 is 11.3 Å². The van der Waals surface area contributed by atoms with E-state index in [2.05, 4.69) is 30.4 Å². The number of amides is 3. The highest BCUT2D eigenvalue weighted by Gasteiger charge is 2.22. The maximum absolute atomic E-state index is 13.1. The number of rotatable bonds is 10. The second-order valence-corrected chi connectivity index (χ2v) is 12.8. The van der Waals surface area contributed by atoms with Gasteiger partial charge in [-0.05, 0) is 53.8 Å². The van der Waals surface area contributed by atoms with Gasteiger partial charge in [0, 0.05) is 51.8 Å². The molecule has 0 fully saturated rings. The van der Waals surface area contributed by atoms with Gasteiger partial charge in [0.05, 0.1) is 0 Å². The van der Waals surface area contributed by atoms with Gasteiger partial charge >= 0.3 is 10.1 Å². The van der Waals surface area contributed by atoms with Gasteiger partial charge in [-0.2, -0.15) is 8.42 Å². The van der Waals surface area contributed by atoms with Crippen molar-refractivity contribution in [1.29, 1.82) is 0 Å². The smallest absolute Gasteiger partial charge is 0.352 e. The van der Waals surface area contributed by atoms with E-state index >= 15 is 0 Å². The molecule has 0 bridgehead atoms. The number of fused-ring (bicyclic) bond motifs is 2. The Hall–Kier alpha value is -4.35. The van der Waals surface area contributed by atoms with E-state index in [4.69, 9.17) is 4.28 Å². The first-order valence-electron chi connectivity index (χ1n) is 13.4. The SMILES string of the molecule is CC(C)c1ccc2sc3ccccc3/c(=N\OS(=O)(=O)c3ccc(CNC(=O)CCCN4C(=O)C=CC4=O)cc3)c2c1. The Balaban J connectivity index is 1.27. The summed E-state index contributed by atoms with van der Waals surface area (Å²) < 4.78 is 33.3. The van der Waals surface area contributed by atoms with Gasteiger partial charge in [-0.15, -0.1) is 11.3 Å². The third-order valence-electron chi connectivity index (χ3n) is 6.90. The molecule has 1 N–H and O–H groups in total. The van der Waals surface area contributed by atoms with Gasteiger partial charge in [-0.1, -0.05) is 55.4 Å². The van der Waals surface area contributed by atoms with E-state index in [1.54, 1.807) is 23.5 Å². The molecule has 11 heteroatoms. The summed E-state index contributed by atoms with van der Waals surface area (Å²) >= 11 is 1.61. The molecule has 2 heterocycles. The van der Waals surface area contributed by atoms with Gasteiger partial charge < -0.3 is 5.32 Å². The molecule has 1 aromatic heterocycles. The van der Waals surface area contributed by atoms with Crippen LogP contribution in [-0.4, -0.2) is 37.6 Å². The lowest BCUT2D eigenvalue weighted by Crippen LogP contribution is -2.32. The number of nitrogens with zero attached hydrogens (tertiary/aromatic N) is 2. The molecule has 0 atom stereocenters. The molecular formula is C31H29N3O6S2. The van der Waals surface area contributed by atoms with E-state index in [0.717, 1.165) is 30.6 Å². The molecule has 0 unspecified atom stereocenters. The molecule has 42 heavy (non-hydrogen) atoms. The summed E-state index contributed by atoms with van der Waals surface area (Å²) in [6.07, 6.45) is 2.90. The fraction of sp³-hybridized carbons (Fsp3) is 0.226. The number of hydrogen-bond donors (Lipinski definition) is 1. The molecule has 0 saturated heterocycles. The minimum absolute atomic E-state index is 0.0647. The summed E-state index contributed by atoms with van der Waals surface area (Å²) in [6, 6.07) is 19.8. The summed E-state index contributed by atoms with van der Waals surface area (Å²) in [4.78, 5) is 36.4. The normalized spacial score (nSPS) is 14.0. The zero-order valence-electron chi connectivity index (χ0n) is 23.1. The molecule has 1 aliphatic rings. The number of carbonyl (C=O) groups excluding carboxylic acids is 3. The van der Waals surface area contributed by atoms with Crippen LogP contribution in [0.3, 0.4) is 0 Å². The molecule has 0 radical (unpaired) electrons. The fourth-order valence-electron chi connectivity index (χ4n) is 4.54. The zero-order chi connectivity index (χ0) is 29.9. The minimum atomic E-state index is -4.21. The van der Waals surface area contributed by atoms with Crippen molar-refractivity contribution < 1.29 is 27.1 Å². The lowest BCUT2D eigenvalue weighted by Gasteiger charge is -2.13. The Morgan fingerprint density at radius 2 is 1.64 bits per heavy atom. The Morgan fingerprint density at radius 3 is 2.36 bits per heavy atom. The van der Waals surface area contributed by atoms with Crippen LogP contribution in [0.15, 0.2) is 88.9 Å². The predicted molar refractivity (Wildman–Crippen MR) is 161 cm³/mol. The summed E-state index contributed by atoms with van der Waals surface area (Å²) in [5.41, 5.74) is 1.80. The van der Waals surface area contributed by atoms with E-state index in [1.165, 1.54) is 24.3 Å². The van der Waals surface area contributed by atoms with Gasteiger partial charge in [-0.3, -0.25) is 23.6 Å². The van der Waals surface area contributed by atoms with Crippen LogP contribution in [0, 0.1) is 0 Å². The van der Waals surface area contributed by atoms with Crippen molar-refractivity contribution in [1.82, 2.24) is 10.2 Å². The summed E-state index contributed by atoms with van der Waals surface area (Å²) in [5.74, 6) is -0.711. The monoisotopic (exact) mass is 603 g/mol. The lowest BCUT2D eigenvalue weighted by atomic mass is 10.0. The van der Waals surface area contributed by atoms with Crippen molar-refractivity contribution in [3.05, 3.63) is 95.4 Å². The molecule has 3 aromatic carbocycles. The lowest BCUT2D eigenvalue weighted by molar-refractivity contribution is -0.137. The second-order valence-electron chi connectivity index (χ2n) is 10.2. The molecule has 0 spiro atoms. The minimum Gasteiger partial charge on any atom is -0.352 e. The predicted octanol–water partition coefficient (Wildman–Crippen LogP) is 4.72. The zero-order valence-corrected chi connectivity index (χ0v) is 24.7. The van der Waals surface area contributed by atoms with Gasteiger partial charge in [0.1, 0.15) is 10.3 Å².